The number of nitrogens with two attached hydrogens (primary N) is 1. The molecule has 8 heteroatoms. The molecule has 1 aliphatic rings. The van der Waals surface area contributed by atoms with Crippen LogP contribution in [0.25, 0.3) is 0 Å². The Hall–Kier alpha value is -1.74. The predicted molar refractivity (Wildman–Crippen MR) is 94.9 cm³/mol. The van der Waals surface area contributed by atoms with E-state index in [1.165, 1.54) is 28.6 Å². The summed E-state index contributed by atoms with van der Waals surface area (Å²) >= 11 is 0. The maximum absolute atomic E-state index is 13.0. The summed E-state index contributed by atoms with van der Waals surface area (Å²) in [7, 11) is -7.56. The second kappa shape index (κ2) is 6.53. The first kappa shape index (κ1) is 18.1. The van der Waals surface area contributed by atoms with Gasteiger partial charge in [0.25, 0.3) is 0 Å². The van der Waals surface area contributed by atoms with Crippen LogP contribution in [0.15, 0.2) is 58.3 Å². The highest BCUT2D eigenvalue weighted by molar-refractivity contribution is 7.89. The van der Waals surface area contributed by atoms with E-state index in [-0.39, 0.29) is 15.8 Å². The lowest BCUT2D eigenvalue weighted by molar-refractivity contribution is 0.396. The molecule has 6 nitrogen and oxygen atoms in total. The molecule has 0 radical (unpaired) electrons. The largest absolute Gasteiger partial charge is 0.243 e. The molecule has 3 rings (SSSR count). The lowest BCUT2D eigenvalue weighted by Crippen LogP contribution is -2.30. The summed E-state index contributed by atoms with van der Waals surface area (Å²) in [5, 5.41) is 5.06. The Labute approximate surface area is 148 Å². The number of hydrogen-bond acceptors (Lipinski definition) is 4. The average molecular weight is 380 g/mol. The molecule has 2 aromatic carbocycles. The first-order chi connectivity index (χ1) is 11.7. The molecule has 0 amide bonds. The van der Waals surface area contributed by atoms with Crippen molar-refractivity contribution in [3.63, 3.8) is 0 Å². The Balaban J connectivity index is 1.94. The first-order valence-corrected chi connectivity index (χ1v) is 10.9. The van der Waals surface area contributed by atoms with Gasteiger partial charge in [0.2, 0.25) is 20.0 Å². The summed E-state index contributed by atoms with van der Waals surface area (Å²) in [4.78, 5) is -0.0399. The number of sulfonamides is 2. The van der Waals surface area contributed by atoms with Gasteiger partial charge in [0.1, 0.15) is 0 Å². The van der Waals surface area contributed by atoms with E-state index >= 15 is 0 Å². The van der Waals surface area contributed by atoms with Crippen LogP contribution >= 0.6 is 0 Å². The van der Waals surface area contributed by atoms with Crippen LogP contribution in [0.4, 0.5) is 0 Å². The monoisotopic (exact) mass is 380 g/mol. The molecule has 2 aromatic rings. The van der Waals surface area contributed by atoms with E-state index in [1.54, 1.807) is 0 Å². The van der Waals surface area contributed by atoms with Gasteiger partial charge >= 0.3 is 0 Å². The molecule has 0 aromatic heterocycles. The fraction of sp³-hybridized carbons (Fsp3) is 0.294. The second-order valence-electron chi connectivity index (χ2n) is 6.20. The fourth-order valence-electron chi connectivity index (χ4n) is 3.09. The van der Waals surface area contributed by atoms with E-state index in [4.69, 9.17) is 5.14 Å². The van der Waals surface area contributed by atoms with Gasteiger partial charge in [-0.2, -0.15) is 4.31 Å². The normalized spacial score (nSPS) is 19.2. The Morgan fingerprint density at radius 1 is 0.920 bits per heavy atom. The zero-order valence-electron chi connectivity index (χ0n) is 13.8. The van der Waals surface area contributed by atoms with E-state index in [0.29, 0.717) is 6.54 Å². The number of hydrogen-bond donors (Lipinski definition) is 1. The van der Waals surface area contributed by atoms with Gasteiger partial charge in [-0.25, -0.2) is 22.0 Å². The van der Waals surface area contributed by atoms with Crippen LogP contribution in [0.1, 0.15) is 30.0 Å². The number of nitrogens with zero attached hydrogens (tertiary/aromatic N) is 1. The van der Waals surface area contributed by atoms with Crippen molar-refractivity contribution in [2.75, 3.05) is 6.54 Å². The van der Waals surface area contributed by atoms with Crippen molar-refractivity contribution in [1.82, 2.24) is 4.31 Å². The van der Waals surface area contributed by atoms with Crippen LogP contribution in [0.2, 0.25) is 0 Å². The van der Waals surface area contributed by atoms with Gasteiger partial charge in [0, 0.05) is 6.54 Å². The Kier molecular flexibility index (Phi) is 4.72. The van der Waals surface area contributed by atoms with Crippen molar-refractivity contribution in [2.24, 2.45) is 5.14 Å². The van der Waals surface area contributed by atoms with Crippen LogP contribution in [0.5, 0.6) is 0 Å². The topological polar surface area (TPSA) is 97.5 Å². The van der Waals surface area contributed by atoms with Crippen molar-refractivity contribution in [3.8, 4) is 0 Å². The molecular weight excluding hydrogens is 360 g/mol. The maximum Gasteiger partial charge on any atom is 0.243 e. The minimum atomic E-state index is -3.85. The molecule has 0 aliphatic carbocycles. The Bertz CT molecular complexity index is 966. The van der Waals surface area contributed by atoms with Gasteiger partial charge in [-0.1, -0.05) is 29.8 Å². The third-order valence-corrected chi connectivity index (χ3v) is 7.28. The van der Waals surface area contributed by atoms with E-state index in [9.17, 15) is 16.8 Å². The maximum atomic E-state index is 13.0. The van der Waals surface area contributed by atoms with Gasteiger partial charge < -0.3 is 0 Å². The van der Waals surface area contributed by atoms with Crippen LogP contribution in [0.3, 0.4) is 0 Å². The number of rotatable bonds is 4. The molecule has 1 atom stereocenters. The summed E-state index contributed by atoms with van der Waals surface area (Å²) in [6.45, 7) is 2.43. The molecule has 134 valence electrons. The van der Waals surface area contributed by atoms with E-state index in [0.717, 1.165) is 24.0 Å². The molecule has 2 N–H and O–H groups in total. The van der Waals surface area contributed by atoms with E-state index < -0.39 is 20.0 Å². The summed E-state index contributed by atoms with van der Waals surface area (Å²) in [6.07, 6.45) is 1.55. The third kappa shape index (κ3) is 3.62. The molecule has 1 aliphatic heterocycles. The first-order valence-electron chi connectivity index (χ1n) is 7.91. The SMILES string of the molecule is Cc1ccc(C2CCCN2S(=O)(=O)c2ccc(S(N)(=O)=O)cc2)cc1. The van der Waals surface area contributed by atoms with Gasteiger partial charge in [0.05, 0.1) is 15.8 Å². The van der Waals surface area contributed by atoms with Crippen molar-refractivity contribution in [3.05, 3.63) is 59.7 Å². The van der Waals surface area contributed by atoms with Crippen LogP contribution in [0, 0.1) is 6.92 Å². The number of benzene rings is 2. The summed E-state index contributed by atoms with van der Waals surface area (Å²) < 4.78 is 50.1. The van der Waals surface area contributed by atoms with Gasteiger partial charge in [-0.15, -0.1) is 0 Å². The quantitative estimate of drug-likeness (QED) is 0.879. The minimum Gasteiger partial charge on any atom is -0.225 e. The van der Waals surface area contributed by atoms with Crippen molar-refractivity contribution < 1.29 is 16.8 Å². The smallest absolute Gasteiger partial charge is 0.225 e. The van der Waals surface area contributed by atoms with E-state index in [1.807, 2.05) is 31.2 Å². The van der Waals surface area contributed by atoms with Gasteiger partial charge in [-0.3, -0.25) is 0 Å². The lowest BCUT2D eigenvalue weighted by Gasteiger charge is -2.24. The van der Waals surface area contributed by atoms with Crippen LogP contribution in [-0.4, -0.2) is 27.7 Å². The molecule has 0 bridgehead atoms. The summed E-state index contributed by atoms with van der Waals surface area (Å²) in [6, 6.07) is 12.7. The number of primary sulfonamides is 1. The molecule has 25 heavy (non-hydrogen) atoms. The zero-order valence-corrected chi connectivity index (χ0v) is 15.4. The highest BCUT2D eigenvalue weighted by Crippen LogP contribution is 2.36. The highest BCUT2D eigenvalue weighted by atomic mass is 32.2. The third-order valence-electron chi connectivity index (χ3n) is 4.42. The van der Waals surface area contributed by atoms with Crippen LogP contribution < -0.4 is 5.14 Å². The molecule has 0 saturated carbocycles. The fourth-order valence-corrected chi connectivity index (χ4v) is 5.28. The summed E-state index contributed by atoms with van der Waals surface area (Å²) in [5.74, 6) is 0. The van der Waals surface area contributed by atoms with Crippen molar-refractivity contribution in [1.29, 1.82) is 0 Å². The molecule has 1 heterocycles. The molecule has 1 saturated heterocycles. The standard InChI is InChI=1S/C17H20N2O4S2/c1-13-4-6-14(7-5-13)17-3-2-12-19(17)25(22,23)16-10-8-15(9-11-16)24(18,20)21/h4-11,17H,2-3,12H2,1H3,(H2,18,20,21). The molecule has 1 fully saturated rings. The lowest BCUT2D eigenvalue weighted by atomic mass is 10.0. The Morgan fingerprint density at radius 3 is 2.04 bits per heavy atom. The van der Waals surface area contributed by atoms with Gasteiger partial charge in [0.15, 0.2) is 0 Å². The molecular formula is C17H20N2O4S2. The summed E-state index contributed by atoms with van der Waals surface area (Å²) in [5.41, 5.74) is 2.09. The minimum absolute atomic E-state index is 0.0684. The molecule has 1 unspecified atom stereocenters. The Morgan fingerprint density at radius 2 is 1.48 bits per heavy atom. The zero-order chi connectivity index (χ0) is 18.2. The highest BCUT2D eigenvalue weighted by Gasteiger charge is 2.36. The second-order valence-corrected chi connectivity index (χ2v) is 9.65. The molecule has 0 spiro atoms. The van der Waals surface area contributed by atoms with E-state index in [2.05, 4.69) is 0 Å². The average Bonchev–Trinajstić information content (AvgIpc) is 3.05. The van der Waals surface area contributed by atoms with Crippen LogP contribution in [-0.2, 0) is 20.0 Å². The predicted octanol–water partition coefficient (Wildman–Crippen LogP) is 2.17. The van der Waals surface area contributed by atoms with Crippen molar-refractivity contribution >= 4 is 20.0 Å². The number of aryl methyl sites for hydroxylation is 1. The van der Waals surface area contributed by atoms with Gasteiger partial charge in [-0.05, 0) is 49.6 Å². The van der Waals surface area contributed by atoms with Crippen molar-refractivity contribution in [2.45, 2.75) is 35.6 Å².